The molecule has 0 aliphatic heterocycles. The van der Waals surface area contributed by atoms with Crippen molar-refractivity contribution in [1.29, 1.82) is 0 Å². The Balaban J connectivity index is 1.66. The van der Waals surface area contributed by atoms with Crippen LogP contribution in [-0.2, 0) is 6.42 Å². The Labute approximate surface area is 139 Å². The van der Waals surface area contributed by atoms with Crippen LogP contribution in [0, 0.1) is 0 Å². The molecule has 7 nitrogen and oxygen atoms in total. The van der Waals surface area contributed by atoms with E-state index >= 15 is 0 Å². The molecule has 0 saturated heterocycles. The number of rotatable bonds is 6. The van der Waals surface area contributed by atoms with Crippen molar-refractivity contribution in [2.24, 2.45) is 5.10 Å². The Kier molecular flexibility index (Phi) is 4.71. The summed E-state index contributed by atoms with van der Waals surface area (Å²) in [5.41, 5.74) is 3.66. The molecule has 0 aliphatic rings. The van der Waals surface area contributed by atoms with E-state index in [1.165, 1.54) is 4.68 Å². The molecule has 0 aliphatic carbocycles. The maximum atomic E-state index is 5.84. The number of para-hydroxylation sites is 1. The minimum atomic E-state index is 0.389. The van der Waals surface area contributed by atoms with E-state index in [2.05, 4.69) is 20.7 Å². The third-order valence-corrected chi connectivity index (χ3v) is 3.30. The van der Waals surface area contributed by atoms with Crippen molar-refractivity contribution < 1.29 is 4.74 Å². The van der Waals surface area contributed by atoms with Gasteiger partial charge in [-0.15, -0.1) is 10.2 Å². The van der Waals surface area contributed by atoms with Crippen LogP contribution in [0.2, 0.25) is 0 Å². The number of ether oxygens (including phenoxy) is 1. The molecule has 0 unspecified atom stereocenters. The van der Waals surface area contributed by atoms with Gasteiger partial charge in [-0.05, 0) is 29.8 Å². The van der Waals surface area contributed by atoms with Gasteiger partial charge in [-0.2, -0.15) is 5.10 Å². The highest BCUT2D eigenvalue weighted by Gasteiger charge is 2.05. The molecule has 122 valence electrons. The first-order valence-corrected chi connectivity index (χ1v) is 7.57. The number of aryl methyl sites for hydroxylation is 1. The van der Waals surface area contributed by atoms with Gasteiger partial charge in [0.05, 0.1) is 6.21 Å². The van der Waals surface area contributed by atoms with E-state index in [1.54, 1.807) is 6.21 Å². The second-order valence-electron chi connectivity index (χ2n) is 5.02. The second kappa shape index (κ2) is 7.28. The Morgan fingerprint density at radius 1 is 1.12 bits per heavy atom. The average Bonchev–Trinajstić information content (AvgIpc) is 2.96. The summed E-state index contributed by atoms with van der Waals surface area (Å²) >= 11 is 0. The quantitative estimate of drug-likeness (QED) is 0.414. The van der Waals surface area contributed by atoms with Crippen LogP contribution in [0.5, 0.6) is 11.5 Å². The zero-order valence-corrected chi connectivity index (χ0v) is 13.3. The standard InChI is InChI=1S/C17H18N6O/c1-2-16-20-22-17(23(16)18)21-19-12-13-7-6-10-15(11-13)24-14-8-4-3-5-9-14/h3-12H,2,18H2,1H3,(H,21,22)/b19-12+. The number of anilines is 1. The number of benzene rings is 2. The van der Waals surface area contributed by atoms with Gasteiger partial charge in [0, 0.05) is 6.42 Å². The van der Waals surface area contributed by atoms with Gasteiger partial charge in [-0.3, -0.25) is 0 Å². The van der Waals surface area contributed by atoms with Crippen LogP contribution < -0.4 is 16.0 Å². The maximum Gasteiger partial charge on any atom is 0.263 e. The largest absolute Gasteiger partial charge is 0.457 e. The van der Waals surface area contributed by atoms with Crippen LogP contribution in [-0.4, -0.2) is 21.1 Å². The number of nitrogen functional groups attached to an aromatic ring is 1. The van der Waals surface area contributed by atoms with E-state index < -0.39 is 0 Å². The Morgan fingerprint density at radius 3 is 2.67 bits per heavy atom. The number of nitrogens with one attached hydrogen (secondary N) is 1. The van der Waals surface area contributed by atoms with Gasteiger partial charge in [-0.25, -0.2) is 10.1 Å². The van der Waals surface area contributed by atoms with E-state index in [0.29, 0.717) is 18.2 Å². The van der Waals surface area contributed by atoms with Crippen molar-refractivity contribution in [3.05, 3.63) is 66.0 Å². The molecule has 3 N–H and O–H groups in total. The van der Waals surface area contributed by atoms with Crippen molar-refractivity contribution >= 4 is 12.2 Å². The monoisotopic (exact) mass is 322 g/mol. The molecular weight excluding hydrogens is 304 g/mol. The number of nitrogens with two attached hydrogens (primary N) is 1. The summed E-state index contributed by atoms with van der Waals surface area (Å²) in [6.45, 7) is 1.96. The summed E-state index contributed by atoms with van der Waals surface area (Å²) in [6.07, 6.45) is 2.37. The smallest absolute Gasteiger partial charge is 0.263 e. The Morgan fingerprint density at radius 2 is 1.92 bits per heavy atom. The summed E-state index contributed by atoms with van der Waals surface area (Å²) < 4.78 is 7.17. The maximum absolute atomic E-state index is 5.84. The lowest BCUT2D eigenvalue weighted by Crippen LogP contribution is -2.14. The van der Waals surface area contributed by atoms with Crippen LogP contribution in [0.3, 0.4) is 0 Å². The first-order chi connectivity index (χ1) is 11.8. The summed E-state index contributed by atoms with van der Waals surface area (Å²) in [7, 11) is 0. The van der Waals surface area contributed by atoms with Crippen LogP contribution >= 0.6 is 0 Å². The third kappa shape index (κ3) is 3.70. The second-order valence-corrected chi connectivity index (χ2v) is 5.02. The highest BCUT2D eigenvalue weighted by molar-refractivity contribution is 5.80. The molecule has 0 fully saturated rings. The van der Waals surface area contributed by atoms with E-state index in [-0.39, 0.29) is 0 Å². The molecule has 7 heteroatoms. The fourth-order valence-corrected chi connectivity index (χ4v) is 2.09. The van der Waals surface area contributed by atoms with Gasteiger partial charge in [0.1, 0.15) is 11.5 Å². The van der Waals surface area contributed by atoms with Gasteiger partial charge in [0.2, 0.25) is 0 Å². The molecule has 0 saturated carbocycles. The van der Waals surface area contributed by atoms with Gasteiger partial charge in [-0.1, -0.05) is 37.3 Å². The average molecular weight is 322 g/mol. The molecule has 1 aromatic heterocycles. The fraction of sp³-hybridized carbons (Fsp3) is 0.118. The lowest BCUT2D eigenvalue weighted by molar-refractivity contribution is 0.482. The van der Waals surface area contributed by atoms with E-state index in [4.69, 9.17) is 10.6 Å². The lowest BCUT2D eigenvalue weighted by atomic mass is 10.2. The predicted molar refractivity (Wildman–Crippen MR) is 93.7 cm³/mol. The minimum absolute atomic E-state index is 0.389. The number of nitrogens with zero attached hydrogens (tertiary/aromatic N) is 4. The van der Waals surface area contributed by atoms with E-state index in [0.717, 1.165) is 17.1 Å². The molecule has 0 amide bonds. The van der Waals surface area contributed by atoms with Crippen molar-refractivity contribution in [3.63, 3.8) is 0 Å². The van der Waals surface area contributed by atoms with Crippen LogP contribution in [0.1, 0.15) is 18.3 Å². The molecular formula is C17H18N6O. The van der Waals surface area contributed by atoms with Crippen molar-refractivity contribution in [2.75, 3.05) is 11.3 Å². The fourth-order valence-electron chi connectivity index (χ4n) is 2.09. The molecule has 0 radical (unpaired) electrons. The third-order valence-electron chi connectivity index (χ3n) is 3.30. The summed E-state index contributed by atoms with van der Waals surface area (Å²) in [6, 6.07) is 17.2. The SMILES string of the molecule is CCc1nnc(N/N=C/c2cccc(Oc3ccccc3)c2)n1N. The van der Waals surface area contributed by atoms with Crippen LogP contribution in [0.25, 0.3) is 0 Å². The Bertz CT molecular complexity index is 828. The normalized spacial score (nSPS) is 10.9. The first kappa shape index (κ1) is 15.5. The predicted octanol–water partition coefficient (Wildman–Crippen LogP) is 2.79. The van der Waals surface area contributed by atoms with Gasteiger partial charge >= 0.3 is 0 Å². The van der Waals surface area contributed by atoms with Gasteiger partial charge in [0.15, 0.2) is 5.82 Å². The molecule has 24 heavy (non-hydrogen) atoms. The summed E-state index contributed by atoms with van der Waals surface area (Å²) in [5.74, 6) is 8.44. The van der Waals surface area contributed by atoms with Crippen molar-refractivity contribution in [3.8, 4) is 11.5 Å². The molecule has 3 aromatic rings. The number of hydrogen-bond donors (Lipinski definition) is 2. The molecule has 2 aromatic carbocycles. The topological polar surface area (TPSA) is 90.4 Å². The van der Waals surface area contributed by atoms with Crippen molar-refractivity contribution in [2.45, 2.75) is 13.3 Å². The van der Waals surface area contributed by atoms with Crippen molar-refractivity contribution in [1.82, 2.24) is 14.9 Å². The highest BCUT2D eigenvalue weighted by atomic mass is 16.5. The number of hydrogen-bond acceptors (Lipinski definition) is 6. The molecule has 3 rings (SSSR count). The minimum Gasteiger partial charge on any atom is -0.457 e. The number of hydrazone groups is 1. The Hall–Kier alpha value is -3.35. The summed E-state index contributed by atoms with van der Waals surface area (Å²) in [5, 5.41) is 12.0. The molecule has 0 bridgehead atoms. The zero-order valence-electron chi connectivity index (χ0n) is 13.3. The molecule has 0 atom stereocenters. The van der Waals surface area contributed by atoms with Crippen LogP contribution in [0.15, 0.2) is 59.7 Å². The van der Waals surface area contributed by atoms with Crippen LogP contribution in [0.4, 0.5) is 5.95 Å². The van der Waals surface area contributed by atoms with E-state index in [9.17, 15) is 0 Å². The van der Waals surface area contributed by atoms with Gasteiger partial charge < -0.3 is 10.6 Å². The first-order valence-electron chi connectivity index (χ1n) is 7.57. The highest BCUT2D eigenvalue weighted by Crippen LogP contribution is 2.21. The lowest BCUT2D eigenvalue weighted by Gasteiger charge is -2.05. The molecule has 0 spiro atoms. The number of aromatic nitrogens is 3. The zero-order chi connectivity index (χ0) is 16.8. The van der Waals surface area contributed by atoms with Gasteiger partial charge in [0.25, 0.3) is 5.95 Å². The summed E-state index contributed by atoms with van der Waals surface area (Å²) in [4.78, 5) is 0. The van der Waals surface area contributed by atoms with E-state index in [1.807, 2.05) is 61.5 Å². The molecule has 1 heterocycles.